The van der Waals surface area contributed by atoms with Crippen molar-refractivity contribution in [2.75, 3.05) is 25.1 Å². The van der Waals surface area contributed by atoms with Crippen LogP contribution >= 0.6 is 23.1 Å². The minimum atomic E-state index is -0.566. The minimum Gasteiger partial charge on any atom is -0.490 e. The van der Waals surface area contributed by atoms with Crippen molar-refractivity contribution in [3.8, 4) is 11.5 Å². The molecular formula is C33H34N2O7S2. The topological polar surface area (TPSA) is 111 Å². The highest BCUT2D eigenvalue weighted by molar-refractivity contribution is 8.18. The van der Waals surface area contributed by atoms with Crippen molar-refractivity contribution in [2.45, 2.75) is 53.1 Å². The van der Waals surface area contributed by atoms with Crippen LogP contribution in [-0.4, -0.2) is 47.7 Å². The summed E-state index contributed by atoms with van der Waals surface area (Å²) < 4.78 is 17.1. The molecule has 0 radical (unpaired) electrons. The number of fused-ring (bicyclic) bond motifs is 1. The van der Waals surface area contributed by atoms with E-state index in [9.17, 15) is 19.2 Å². The average molecular weight is 635 g/mol. The Morgan fingerprint density at radius 3 is 2.59 bits per heavy atom. The fourth-order valence-electron chi connectivity index (χ4n) is 5.14. The zero-order valence-corrected chi connectivity index (χ0v) is 26.5. The van der Waals surface area contributed by atoms with Crippen LogP contribution in [0.1, 0.15) is 64.2 Å². The van der Waals surface area contributed by atoms with Crippen molar-refractivity contribution in [1.29, 1.82) is 0 Å². The molecule has 0 saturated carbocycles. The fraction of sp³-hybridized carbons (Fsp3) is 0.333. The molecule has 1 aliphatic carbocycles. The number of carbonyl (C=O) groups excluding carboxylic acids is 4. The van der Waals surface area contributed by atoms with E-state index in [2.05, 4.69) is 11.4 Å². The first-order valence-electron chi connectivity index (χ1n) is 14.6. The molecular weight excluding hydrogens is 601 g/mol. The molecule has 3 aromatic rings. The summed E-state index contributed by atoms with van der Waals surface area (Å²) in [5, 5.41) is 2.62. The van der Waals surface area contributed by atoms with Gasteiger partial charge in [0.25, 0.3) is 11.1 Å². The number of ether oxygens (including phenoxy) is 3. The van der Waals surface area contributed by atoms with Gasteiger partial charge in [0, 0.05) is 4.88 Å². The van der Waals surface area contributed by atoms with Crippen LogP contribution in [0.5, 0.6) is 11.5 Å². The van der Waals surface area contributed by atoms with Gasteiger partial charge in [-0.1, -0.05) is 35.9 Å². The van der Waals surface area contributed by atoms with Crippen molar-refractivity contribution >= 4 is 57.2 Å². The number of aryl methyl sites for hydroxylation is 2. The standard InChI is InChI=1S/C33H34N2O7S2/c1-4-40-25-16-21(13-14-24(25)42-19-22-10-8-9-20(3)15-22)17-27-31(37)35(33(39)44-27)18-28(36)34-30-29(32(38)41-5-2)23-11-6-7-12-26(23)43-30/h8-10,13-17H,4-7,11-12,18-19H2,1-3H3,(H,34,36). The molecule has 0 unspecified atom stereocenters. The van der Waals surface area contributed by atoms with Crippen LogP contribution in [0.15, 0.2) is 47.4 Å². The van der Waals surface area contributed by atoms with Crippen molar-refractivity contribution in [3.63, 3.8) is 0 Å². The number of nitrogens with zero attached hydrogens (tertiary/aromatic N) is 1. The predicted octanol–water partition coefficient (Wildman–Crippen LogP) is 6.76. The maximum atomic E-state index is 13.2. The molecule has 44 heavy (non-hydrogen) atoms. The SMILES string of the molecule is CCOC(=O)c1c(NC(=O)CN2C(=O)SC(=Cc3ccc(OCc4cccc(C)c4)c(OCC)c3)C2=O)sc2c1CCCC2. The summed E-state index contributed by atoms with van der Waals surface area (Å²) in [7, 11) is 0. The van der Waals surface area contributed by atoms with Gasteiger partial charge in [0.1, 0.15) is 18.2 Å². The monoisotopic (exact) mass is 634 g/mol. The second-order valence-corrected chi connectivity index (χ2v) is 12.5. The molecule has 1 N–H and O–H groups in total. The number of benzene rings is 2. The second-order valence-electron chi connectivity index (χ2n) is 10.4. The summed E-state index contributed by atoms with van der Waals surface area (Å²) in [4.78, 5) is 53.9. The van der Waals surface area contributed by atoms with E-state index >= 15 is 0 Å². The molecule has 230 valence electrons. The highest BCUT2D eigenvalue weighted by Gasteiger charge is 2.37. The number of carbonyl (C=O) groups is 4. The van der Waals surface area contributed by atoms with Crippen LogP contribution in [-0.2, 0) is 33.8 Å². The van der Waals surface area contributed by atoms with Crippen LogP contribution in [0.2, 0.25) is 0 Å². The molecule has 2 aliphatic rings. The Bertz CT molecular complexity index is 1630. The van der Waals surface area contributed by atoms with Gasteiger partial charge in [-0.15, -0.1) is 11.3 Å². The molecule has 0 atom stereocenters. The number of imide groups is 1. The van der Waals surface area contributed by atoms with E-state index in [1.807, 2.05) is 32.0 Å². The van der Waals surface area contributed by atoms with Gasteiger partial charge in [0.15, 0.2) is 11.5 Å². The Balaban J connectivity index is 1.28. The van der Waals surface area contributed by atoms with Gasteiger partial charge in [0.2, 0.25) is 5.91 Å². The summed E-state index contributed by atoms with van der Waals surface area (Å²) >= 11 is 2.12. The molecule has 1 aliphatic heterocycles. The van der Waals surface area contributed by atoms with E-state index in [1.54, 1.807) is 31.2 Å². The molecule has 0 bridgehead atoms. The van der Waals surface area contributed by atoms with Gasteiger partial charge < -0.3 is 19.5 Å². The Labute approximate surface area is 264 Å². The first-order chi connectivity index (χ1) is 21.3. The van der Waals surface area contributed by atoms with Crippen LogP contribution in [0.25, 0.3) is 6.08 Å². The lowest BCUT2D eigenvalue weighted by Gasteiger charge is -2.14. The van der Waals surface area contributed by atoms with Crippen LogP contribution in [0, 0.1) is 6.92 Å². The minimum absolute atomic E-state index is 0.192. The van der Waals surface area contributed by atoms with Crippen LogP contribution < -0.4 is 14.8 Å². The molecule has 0 spiro atoms. The van der Waals surface area contributed by atoms with E-state index in [-0.39, 0.29) is 11.5 Å². The first kappa shape index (κ1) is 31.3. The number of thiophene rings is 1. The van der Waals surface area contributed by atoms with Crippen molar-refractivity contribution in [3.05, 3.63) is 80.1 Å². The normalized spacial score (nSPS) is 15.3. The van der Waals surface area contributed by atoms with Gasteiger partial charge >= 0.3 is 5.97 Å². The molecule has 5 rings (SSSR count). The quantitative estimate of drug-likeness (QED) is 0.182. The van der Waals surface area contributed by atoms with Gasteiger partial charge in [-0.25, -0.2) is 4.79 Å². The summed E-state index contributed by atoms with van der Waals surface area (Å²) in [6, 6.07) is 13.4. The third-order valence-corrected chi connectivity index (χ3v) is 9.24. The number of hydrogen-bond acceptors (Lipinski definition) is 9. The van der Waals surface area contributed by atoms with Crippen molar-refractivity contribution in [1.82, 2.24) is 4.90 Å². The zero-order chi connectivity index (χ0) is 31.2. The smallest absolute Gasteiger partial charge is 0.341 e. The Morgan fingerprint density at radius 1 is 1.00 bits per heavy atom. The van der Waals surface area contributed by atoms with E-state index in [1.165, 1.54) is 11.3 Å². The third-order valence-electron chi connectivity index (χ3n) is 7.12. The lowest BCUT2D eigenvalue weighted by Crippen LogP contribution is -2.36. The number of hydrogen-bond donors (Lipinski definition) is 1. The summed E-state index contributed by atoms with van der Waals surface area (Å²) in [6.45, 7) is 6.16. The molecule has 3 amide bonds. The van der Waals surface area contributed by atoms with Gasteiger partial charge in [-0.3, -0.25) is 19.3 Å². The second kappa shape index (κ2) is 14.1. The zero-order valence-electron chi connectivity index (χ0n) is 24.9. The molecule has 1 aromatic heterocycles. The van der Waals surface area contributed by atoms with Crippen LogP contribution in [0.4, 0.5) is 9.80 Å². The van der Waals surface area contributed by atoms with Gasteiger partial charge in [-0.05, 0) is 93.1 Å². The third kappa shape index (κ3) is 7.16. The lowest BCUT2D eigenvalue weighted by atomic mass is 9.95. The van der Waals surface area contributed by atoms with Crippen LogP contribution in [0.3, 0.4) is 0 Å². The van der Waals surface area contributed by atoms with Gasteiger partial charge in [-0.2, -0.15) is 0 Å². The largest absolute Gasteiger partial charge is 0.490 e. The molecule has 2 heterocycles. The summed E-state index contributed by atoms with van der Waals surface area (Å²) in [5.41, 5.74) is 4.12. The molecule has 11 heteroatoms. The highest BCUT2D eigenvalue weighted by atomic mass is 32.2. The predicted molar refractivity (Wildman–Crippen MR) is 171 cm³/mol. The van der Waals surface area contributed by atoms with Crippen molar-refractivity contribution < 1.29 is 33.4 Å². The van der Waals surface area contributed by atoms with Crippen molar-refractivity contribution in [2.24, 2.45) is 0 Å². The Morgan fingerprint density at radius 2 is 1.82 bits per heavy atom. The number of rotatable bonds is 11. The van der Waals surface area contributed by atoms with E-state index < -0.39 is 29.6 Å². The maximum absolute atomic E-state index is 13.2. The first-order valence-corrected chi connectivity index (χ1v) is 16.2. The number of esters is 1. The highest BCUT2D eigenvalue weighted by Crippen LogP contribution is 2.39. The van der Waals surface area contributed by atoms with E-state index in [0.29, 0.717) is 40.8 Å². The molecule has 1 saturated heterocycles. The Hall–Kier alpha value is -4.09. The summed E-state index contributed by atoms with van der Waals surface area (Å²) in [6.07, 6.45) is 5.15. The summed E-state index contributed by atoms with van der Waals surface area (Å²) in [5.74, 6) is -0.527. The number of anilines is 1. The number of nitrogens with one attached hydrogen (secondary N) is 1. The maximum Gasteiger partial charge on any atom is 0.341 e. The fourth-order valence-corrected chi connectivity index (χ4v) is 7.27. The Kier molecular flexibility index (Phi) is 10.1. The number of thioether (sulfide) groups is 1. The number of amides is 3. The van der Waals surface area contributed by atoms with E-state index in [4.69, 9.17) is 14.2 Å². The lowest BCUT2D eigenvalue weighted by molar-refractivity contribution is -0.127. The molecule has 1 fully saturated rings. The van der Waals surface area contributed by atoms with E-state index in [0.717, 1.165) is 63.9 Å². The molecule has 2 aromatic carbocycles. The average Bonchev–Trinajstić information content (AvgIpc) is 3.48. The van der Waals surface area contributed by atoms with Gasteiger partial charge in [0.05, 0.1) is 23.7 Å². The molecule has 9 nitrogen and oxygen atoms in total.